The zero-order valence-electron chi connectivity index (χ0n) is 12.7. The fourth-order valence-electron chi connectivity index (χ4n) is 2.84. The number of para-hydroxylation sites is 1. The van der Waals surface area contributed by atoms with E-state index in [9.17, 15) is 13.2 Å². The standard InChI is InChI=1S/C16H10F3N5S/c17-16(18,19)10-3-1-2-9-12(10)20-7-24-14(9)22-13(23-24)15-21-11(6-25-15)8-4-5-8/h1-3,6-8H,4-5H2. The first-order chi connectivity index (χ1) is 12.0. The van der Waals surface area contributed by atoms with Crippen LogP contribution in [0.5, 0.6) is 0 Å². The van der Waals surface area contributed by atoms with E-state index < -0.39 is 11.7 Å². The van der Waals surface area contributed by atoms with Gasteiger partial charge in [-0.1, -0.05) is 6.07 Å². The summed E-state index contributed by atoms with van der Waals surface area (Å²) < 4.78 is 40.9. The van der Waals surface area contributed by atoms with Crippen LogP contribution in [-0.2, 0) is 6.18 Å². The number of benzene rings is 1. The minimum atomic E-state index is -4.47. The molecule has 5 nitrogen and oxygen atoms in total. The molecular weight excluding hydrogens is 351 g/mol. The first-order valence-electron chi connectivity index (χ1n) is 7.68. The Morgan fingerprint density at radius 1 is 1.16 bits per heavy atom. The van der Waals surface area contributed by atoms with E-state index in [1.54, 1.807) is 6.07 Å². The van der Waals surface area contributed by atoms with Gasteiger partial charge in [-0.25, -0.2) is 19.5 Å². The molecule has 1 aliphatic carbocycles. The van der Waals surface area contributed by atoms with Crippen molar-refractivity contribution < 1.29 is 13.2 Å². The lowest BCUT2D eigenvalue weighted by Gasteiger charge is -2.09. The Balaban J connectivity index is 1.69. The third-order valence-corrected chi connectivity index (χ3v) is 5.08. The van der Waals surface area contributed by atoms with Gasteiger partial charge >= 0.3 is 6.18 Å². The van der Waals surface area contributed by atoms with Crippen molar-refractivity contribution in [1.29, 1.82) is 0 Å². The summed E-state index contributed by atoms with van der Waals surface area (Å²) in [7, 11) is 0. The minimum absolute atomic E-state index is 0.126. The highest BCUT2D eigenvalue weighted by atomic mass is 32.1. The first kappa shape index (κ1) is 14.8. The molecule has 3 aromatic heterocycles. The minimum Gasteiger partial charge on any atom is -0.237 e. The number of halogens is 3. The normalized spacial score (nSPS) is 15.3. The number of hydrogen-bond donors (Lipinski definition) is 0. The van der Waals surface area contributed by atoms with Gasteiger partial charge in [0.05, 0.1) is 16.8 Å². The van der Waals surface area contributed by atoms with Gasteiger partial charge in [-0.05, 0) is 25.0 Å². The molecule has 1 saturated carbocycles. The van der Waals surface area contributed by atoms with Gasteiger partial charge in [-0.15, -0.1) is 16.4 Å². The molecule has 0 bridgehead atoms. The van der Waals surface area contributed by atoms with E-state index >= 15 is 0 Å². The summed E-state index contributed by atoms with van der Waals surface area (Å²) in [4.78, 5) is 12.9. The van der Waals surface area contributed by atoms with Crippen LogP contribution in [0, 0.1) is 0 Å². The van der Waals surface area contributed by atoms with Crippen molar-refractivity contribution >= 4 is 27.9 Å². The molecule has 0 spiro atoms. The fourth-order valence-corrected chi connectivity index (χ4v) is 3.67. The molecule has 0 amide bonds. The quantitative estimate of drug-likeness (QED) is 0.534. The molecule has 0 unspecified atom stereocenters. The molecule has 0 atom stereocenters. The molecular formula is C16H10F3N5S. The van der Waals surface area contributed by atoms with Crippen molar-refractivity contribution in [2.75, 3.05) is 0 Å². The van der Waals surface area contributed by atoms with Gasteiger partial charge < -0.3 is 0 Å². The number of fused-ring (bicyclic) bond motifs is 3. The highest BCUT2D eigenvalue weighted by Crippen LogP contribution is 2.41. The fraction of sp³-hybridized carbons (Fsp3) is 0.250. The number of thiazole rings is 1. The van der Waals surface area contributed by atoms with Crippen molar-refractivity contribution in [2.24, 2.45) is 0 Å². The largest absolute Gasteiger partial charge is 0.418 e. The second-order valence-electron chi connectivity index (χ2n) is 6.00. The predicted octanol–water partition coefficient (Wildman–Crippen LogP) is 4.30. The summed E-state index contributed by atoms with van der Waals surface area (Å²) in [5, 5.41) is 7.31. The predicted molar refractivity (Wildman–Crippen MR) is 86.4 cm³/mol. The molecule has 1 aromatic carbocycles. The summed E-state index contributed by atoms with van der Waals surface area (Å²) in [6.07, 6.45) is -0.909. The van der Waals surface area contributed by atoms with Crippen LogP contribution >= 0.6 is 11.3 Å². The lowest BCUT2D eigenvalue weighted by molar-refractivity contribution is -0.136. The number of alkyl halides is 3. The van der Waals surface area contributed by atoms with E-state index in [0.29, 0.717) is 27.8 Å². The molecule has 3 heterocycles. The Labute approximate surface area is 143 Å². The van der Waals surface area contributed by atoms with Crippen molar-refractivity contribution in [3.8, 4) is 10.8 Å². The topological polar surface area (TPSA) is 56.0 Å². The molecule has 5 rings (SSSR count). The summed E-state index contributed by atoms with van der Waals surface area (Å²) in [6.45, 7) is 0. The van der Waals surface area contributed by atoms with Crippen LogP contribution in [0.2, 0.25) is 0 Å². The second kappa shape index (κ2) is 4.98. The molecule has 126 valence electrons. The maximum Gasteiger partial charge on any atom is 0.418 e. The Bertz CT molecular complexity index is 1110. The third kappa shape index (κ3) is 2.38. The van der Waals surface area contributed by atoms with Gasteiger partial charge in [0.1, 0.15) is 6.33 Å². The zero-order valence-corrected chi connectivity index (χ0v) is 13.5. The van der Waals surface area contributed by atoms with E-state index in [4.69, 9.17) is 0 Å². The van der Waals surface area contributed by atoms with Gasteiger partial charge in [-0.3, -0.25) is 0 Å². The second-order valence-corrected chi connectivity index (χ2v) is 6.86. The monoisotopic (exact) mass is 361 g/mol. The van der Waals surface area contributed by atoms with Gasteiger partial charge in [0.2, 0.25) is 5.82 Å². The number of rotatable bonds is 2. The Morgan fingerprint density at radius 2 is 2.00 bits per heavy atom. The highest BCUT2D eigenvalue weighted by Gasteiger charge is 2.33. The molecule has 0 radical (unpaired) electrons. The molecule has 9 heteroatoms. The SMILES string of the molecule is FC(F)(F)c1cccc2c1ncn1nc(-c3nc(C4CC4)cs3)nc21. The molecule has 0 N–H and O–H groups in total. The van der Waals surface area contributed by atoms with Crippen LogP contribution in [-0.4, -0.2) is 24.6 Å². The molecule has 4 aromatic rings. The number of hydrogen-bond acceptors (Lipinski definition) is 5. The lowest BCUT2D eigenvalue weighted by Crippen LogP contribution is -2.07. The highest BCUT2D eigenvalue weighted by molar-refractivity contribution is 7.13. The smallest absolute Gasteiger partial charge is 0.237 e. The zero-order chi connectivity index (χ0) is 17.2. The van der Waals surface area contributed by atoms with E-state index in [-0.39, 0.29) is 5.52 Å². The van der Waals surface area contributed by atoms with E-state index in [1.165, 1.54) is 28.2 Å². The Hall–Kier alpha value is -2.55. The maximum atomic E-state index is 13.2. The van der Waals surface area contributed by atoms with Crippen LogP contribution in [0.25, 0.3) is 27.4 Å². The van der Waals surface area contributed by atoms with E-state index in [2.05, 4.69) is 20.1 Å². The molecule has 0 saturated heterocycles. The van der Waals surface area contributed by atoms with Crippen molar-refractivity contribution in [1.82, 2.24) is 24.6 Å². The van der Waals surface area contributed by atoms with Gasteiger partial charge in [0.25, 0.3) is 0 Å². The average molecular weight is 361 g/mol. The molecule has 1 aliphatic rings. The van der Waals surface area contributed by atoms with Gasteiger partial charge in [0, 0.05) is 16.7 Å². The molecule has 0 aliphatic heterocycles. The van der Waals surface area contributed by atoms with Crippen LogP contribution in [0.4, 0.5) is 13.2 Å². The van der Waals surface area contributed by atoms with Crippen molar-refractivity contribution in [3.63, 3.8) is 0 Å². The Kier molecular flexibility index (Phi) is 2.94. The molecule has 25 heavy (non-hydrogen) atoms. The number of aromatic nitrogens is 5. The number of nitrogens with zero attached hydrogens (tertiary/aromatic N) is 5. The summed E-state index contributed by atoms with van der Waals surface area (Å²) in [5.41, 5.74) is 0.483. The van der Waals surface area contributed by atoms with Crippen molar-refractivity contribution in [3.05, 3.63) is 41.2 Å². The molecule has 1 fully saturated rings. The van der Waals surface area contributed by atoms with Crippen LogP contribution < -0.4 is 0 Å². The summed E-state index contributed by atoms with van der Waals surface area (Å²) >= 11 is 1.45. The average Bonchev–Trinajstić information content (AvgIpc) is 3.15. The first-order valence-corrected chi connectivity index (χ1v) is 8.56. The third-order valence-electron chi connectivity index (χ3n) is 4.22. The van der Waals surface area contributed by atoms with Crippen LogP contribution in [0.1, 0.15) is 30.0 Å². The summed E-state index contributed by atoms with van der Waals surface area (Å²) in [6, 6.07) is 3.95. The van der Waals surface area contributed by atoms with E-state index in [0.717, 1.165) is 24.6 Å². The van der Waals surface area contributed by atoms with Crippen molar-refractivity contribution in [2.45, 2.75) is 24.9 Å². The van der Waals surface area contributed by atoms with Gasteiger partial charge in [0.15, 0.2) is 10.7 Å². The van der Waals surface area contributed by atoms with Crippen LogP contribution in [0.3, 0.4) is 0 Å². The lowest BCUT2D eigenvalue weighted by atomic mass is 10.1. The summed E-state index contributed by atoms with van der Waals surface area (Å²) in [5.74, 6) is 0.933. The maximum absolute atomic E-state index is 13.2. The van der Waals surface area contributed by atoms with E-state index in [1.807, 2.05) is 5.38 Å². The van der Waals surface area contributed by atoms with Gasteiger partial charge in [-0.2, -0.15) is 13.2 Å². The van der Waals surface area contributed by atoms with Crippen LogP contribution in [0.15, 0.2) is 29.9 Å². The Morgan fingerprint density at radius 3 is 2.76 bits per heavy atom.